The Kier molecular flexibility index (Phi) is 5.37. The molecule has 0 atom stereocenters. The maximum absolute atomic E-state index is 13.4. The van der Waals surface area contributed by atoms with Gasteiger partial charge in [-0.15, -0.1) is 0 Å². The van der Waals surface area contributed by atoms with Crippen LogP contribution in [-0.4, -0.2) is 11.8 Å². The van der Waals surface area contributed by atoms with Crippen LogP contribution >= 0.6 is 23.2 Å². The van der Waals surface area contributed by atoms with E-state index in [0.717, 1.165) is 16.0 Å². The number of rotatable bonds is 4. The highest BCUT2D eigenvalue weighted by Gasteiger charge is 2.40. The maximum Gasteiger partial charge on any atom is 0.282 e. The Morgan fingerprint density at radius 1 is 0.800 bits per heavy atom. The van der Waals surface area contributed by atoms with Gasteiger partial charge in [0.2, 0.25) is 0 Å². The van der Waals surface area contributed by atoms with Gasteiger partial charge >= 0.3 is 0 Å². The second kappa shape index (κ2) is 7.98. The fourth-order valence-electron chi connectivity index (χ4n) is 3.27. The third-order valence-electron chi connectivity index (χ3n) is 4.95. The van der Waals surface area contributed by atoms with Crippen molar-refractivity contribution in [3.05, 3.63) is 99.2 Å². The molecule has 2 amide bonds. The zero-order valence-electron chi connectivity index (χ0n) is 16.4. The van der Waals surface area contributed by atoms with Crippen LogP contribution in [0.5, 0.6) is 0 Å². The molecule has 0 bridgehead atoms. The van der Waals surface area contributed by atoms with Crippen molar-refractivity contribution in [3.63, 3.8) is 0 Å². The van der Waals surface area contributed by atoms with E-state index >= 15 is 0 Å². The molecule has 6 heteroatoms. The van der Waals surface area contributed by atoms with Crippen LogP contribution in [0.4, 0.5) is 11.4 Å². The number of amides is 2. The lowest BCUT2D eigenvalue weighted by Gasteiger charge is -2.16. The molecule has 0 aromatic heterocycles. The van der Waals surface area contributed by atoms with Gasteiger partial charge in [-0.1, -0.05) is 59.1 Å². The molecule has 1 aliphatic rings. The van der Waals surface area contributed by atoms with Gasteiger partial charge in [0.05, 0.1) is 11.3 Å². The van der Waals surface area contributed by atoms with Gasteiger partial charge in [0, 0.05) is 15.7 Å². The summed E-state index contributed by atoms with van der Waals surface area (Å²) < 4.78 is 0. The van der Waals surface area contributed by atoms with Crippen LogP contribution in [0, 0.1) is 13.8 Å². The standard InChI is InChI=1S/C24H18Cl2N2O2/c1-14-3-10-18(11-4-14)27-22-21(16-6-8-17(25)9-7-16)23(29)28(24(22)30)19-12-5-15(2)20(26)13-19/h3-13,27H,1-2H3. The molecule has 1 aliphatic heterocycles. The Hall–Kier alpha value is -3.08. The molecule has 150 valence electrons. The van der Waals surface area contributed by atoms with Crippen molar-refractivity contribution < 1.29 is 9.59 Å². The van der Waals surface area contributed by atoms with Crippen molar-refractivity contribution in [2.24, 2.45) is 0 Å². The molecule has 3 aromatic rings. The van der Waals surface area contributed by atoms with Crippen LogP contribution in [0.1, 0.15) is 16.7 Å². The second-order valence-corrected chi connectivity index (χ2v) is 7.97. The zero-order chi connectivity index (χ0) is 21.4. The fourth-order valence-corrected chi connectivity index (χ4v) is 3.57. The Balaban J connectivity index is 1.82. The van der Waals surface area contributed by atoms with Gasteiger partial charge in [0.25, 0.3) is 11.8 Å². The number of anilines is 2. The summed E-state index contributed by atoms with van der Waals surface area (Å²) in [5.74, 6) is -0.859. The molecule has 0 fully saturated rings. The van der Waals surface area contributed by atoms with Crippen LogP contribution < -0.4 is 10.2 Å². The molecule has 3 aromatic carbocycles. The summed E-state index contributed by atoms with van der Waals surface area (Å²) in [6, 6.07) is 19.6. The quantitative estimate of drug-likeness (QED) is 0.509. The largest absolute Gasteiger partial charge is 0.350 e. The Bertz CT molecular complexity index is 1180. The summed E-state index contributed by atoms with van der Waals surface area (Å²) in [6.07, 6.45) is 0. The predicted molar refractivity (Wildman–Crippen MR) is 122 cm³/mol. The van der Waals surface area contributed by atoms with Crippen molar-refractivity contribution in [1.29, 1.82) is 0 Å². The van der Waals surface area contributed by atoms with E-state index in [-0.39, 0.29) is 11.3 Å². The molecule has 4 nitrogen and oxygen atoms in total. The molecular formula is C24H18Cl2N2O2. The van der Waals surface area contributed by atoms with E-state index in [1.807, 2.05) is 38.1 Å². The number of hydrogen-bond donors (Lipinski definition) is 1. The minimum atomic E-state index is -0.439. The zero-order valence-corrected chi connectivity index (χ0v) is 17.9. The maximum atomic E-state index is 13.4. The number of aryl methyl sites for hydroxylation is 2. The number of benzene rings is 3. The van der Waals surface area contributed by atoms with Gasteiger partial charge in [-0.05, 0) is 61.4 Å². The van der Waals surface area contributed by atoms with E-state index < -0.39 is 11.8 Å². The first-order valence-electron chi connectivity index (χ1n) is 9.34. The molecule has 0 saturated heterocycles. The van der Waals surface area contributed by atoms with E-state index in [1.165, 1.54) is 0 Å². The first-order valence-corrected chi connectivity index (χ1v) is 10.1. The number of halogens is 2. The van der Waals surface area contributed by atoms with E-state index in [4.69, 9.17) is 23.2 Å². The third kappa shape index (κ3) is 3.72. The molecular weight excluding hydrogens is 419 g/mol. The van der Waals surface area contributed by atoms with Crippen molar-refractivity contribution in [2.45, 2.75) is 13.8 Å². The van der Waals surface area contributed by atoms with Crippen molar-refractivity contribution in [2.75, 3.05) is 10.2 Å². The van der Waals surface area contributed by atoms with Gasteiger partial charge in [-0.2, -0.15) is 0 Å². The van der Waals surface area contributed by atoms with Crippen LogP contribution in [0.15, 0.2) is 72.4 Å². The normalized spacial score (nSPS) is 13.9. The lowest BCUT2D eigenvalue weighted by molar-refractivity contribution is -0.120. The smallest absolute Gasteiger partial charge is 0.282 e. The number of hydrogen-bond acceptors (Lipinski definition) is 3. The van der Waals surface area contributed by atoms with Crippen LogP contribution in [-0.2, 0) is 9.59 Å². The summed E-state index contributed by atoms with van der Waals surface area (Å²) in [7, 11) is 0. The minimum absolute atomic E-state index is 0.211. The molecule has 0 saturated carbocycles. The second-order valence-electron chi connectivity index (χ2n) is 7.13. The highest BCUT2D eigenvalue weighted by Crippen LogP contribution is 2.35. The van der Waals surface area contributed by atoms with Crippen LogP contribution in [0.25, 0.3) is 5.57 Å². The molecule has 1 heterocycles. The van der Waals surface area contributed by atoms with Gasteiger partial charge in [0.15, 0.2) is 0 Å². The Labute approximate surface area is 184 Å². The summed E-state index contributed by atoms with van der Waals surface area (Å²) in [5, 5.41) is 4.17. The molecule has 0 spiro atoms. The number of imide groups is 1. The summed E-state index contributed by atoms with van der Waals surface area (Å²) >= 11 is 12.3. The number of carbonyl (C=O) groups excluding carboxylic acids is 2. The summed E-state index contributed by atoms with van der Waals surface area (Å²) in [4.78, 5) is 27.9. The van der Waals surface area contributed by atoms with Crippen LogP contribution in [0.2, 0.25) is 10.0 Å². The topological polar surface area (TPSA) is 49.4 Å². The first kappa shape index (κ1) is 20.2. The average molecular weight is 437 g/mol. The molecule has 0 aliphatic carbocycles. The Morgan fingerprint density at radius 3 is 2.10 bits per heavy atom. The molecule has 0 unspecified atom stereocenters. The van der Waals surface area contributed by atoms with E-state index in [9.17, 15) is 9.59 Å². The Morgan fingerprint density at radius 2 is 1.47 bits per heavy atom. The molecule has 30 heavy (non-hydrogen) atoms. The lowest BCUT2D eigenvalue weighted by atomic mass is 10.0. The van der Waals surface area contributed by atoms with Crippen LogP contribution in [0.3, 0.4) is 0 Å². The summed E-state index contributed by atoms with van der Waals surface area (Å²) in [5.41, 5.74) is 4.20. The van der Waals surface area contributed by atoms with Crippen molar-refractivity contribution in [1.82, 2.24) is 0 Å². The van der Waals surface area contributed by atoms with Crippen molar-refractivity contribution in [3.8, 4) is 0 Å². The molecule has 0 radical (unpaired) electrons. The summed E-state index contributed by atoms with van der Waals surface area (Å²) in [6.45, 7) is 3.84. The lowest BCUT2D eigenvalue weighted by Crippen LogP contribution is -2.32. The highest BCUT2D eigenvalue weighted by molar-refractivity contribution is 6.46. The average Bonchev–Trinajstić information content (AvgIpc) is 2.96. The third-order valence-corrected chi connectivity index (χ3v) is 5.61. The van der Waals surface area contributed by atoms with Gasteiger partial charge < -0.3 is 5.32 Å². The van der Waals surface area contributed by atoms with Gasteiger partial charge in [0.1, 0.15) is 5.70 Å². The first-order chi connectivity index (χ1) is 14.3. The van der Waals surface area contributed by atoms with Gasteiger partial charge in [-0.25, -0.2) is 4.90 Å². The number of nitrogens with one attached hydrogen (secondary N) is 1. The monoisotopic (exact) mass is 436 g/mol. The molecule has 1 N–H and O–H groups in total. The molecule has 4 rings (SSSR count). The highest BCUT2D eigenvalue weighted by atomic mass is 35.5. The number of nitrogens with zero attached hydrogens (tertiary/aromatic N) is 1. The van der Waals surface area contributed by atoms with Crippen molar-refractivity contribution >= 4 is 52.0 Å². The number of carbonyl (C=O) groups is 2. The fraction of sp³-hybridized carbons (Fsp3) is 0.0833. The SMILES string of the molecule is Cc1ccc(NC2=C(c3ccc(Cl)cc3)C(=O)N(c3ccc(C)c(Cl)c3)C2=O)cc1. The van der Waals surface area contributed by atoms with E-state index in [2.05, 4.69) is 5.32 Å². The van der Waals surface area contributed by atoms with Gasteiger partial charge in [-0.3, -0.25) is 9.59 Å². The van der Waals surface area contributed by atoms with E-state index in [1.54, 1.807) is 42.5 Å². The van der Waals surface area contributed by atoms with E-state index in [0.29, 0.717) is 27.0 Å². The predicted octanol–water partition coefficient (Wildman–Crippen LogP) is 6.01. The minimum Gasteiger partial charge on any atom is -0.350 e.